The molecule has 0 spiro atoms. The van der Waals surface area contributed by atoms with Crippen LogP contribution in [0.15, 0.2) is 18.5 Å². The minimum absolute atomic E-state index is 0.132. The van der Waals surface area contributed by atoms with Crippen molar-refractivity contribution >= 4 is 11.8 Å². The summed E-state index contributed by atoms with van der Waals surface area (Å²) >= 11 is 0. The quantitative estimate of drug-likeness (QED) is 0.443. The lowest BCUT2D eigenvalue weighted by Crippen LogP contribution is -2.25. The second-order valence-electron chi connectivity index (χ2n) is 3.20. The van der Waals surface area contributed by atoms with Gasteiger partial charge in [-0.2, -0.15) is 0 Å². The van der Waals surface area contributed by atoms with Gasteiger partial charge in [-0.25, -0.2) is 4.39 Å². The molecule has 4 nitrogen and oxygen atoms in total. The predicted octanol–water partition coefficient (Wildman–Crippen LogP) is 1.60. The summed E-state index contributed by atoms with van der Waals surface area (Å²) in [5, 5.41) is 0. The largest absolute Gasteiger partial charge is 0.468 e. The van der Waals surface area contributed by atoms with E-state index < -0.39 is 23.5 Å². The monoisotopic (exact) mass is 225 g/mol. The van der Waals surface area contributed by atoms with Crippen LogP contribution < -0.4 is 0 Å². The number of ether oxygens (including phenoxy) is 1. The molecule has 0 saturated heterocycles. The number of hydrogen-bond acceptors (Lipinski definition) is 4. The summed E-state index contributed by atoms with van der Waals surface area (Å²) in [5.74, 6) is -2.91. The van der Waals surface area contributed by atoms with Crippen molar-refractivity contribution in [3.8, 4) is 0 Å². The molecule has 16 heavy (non-hydrogen) atoms. The van der Waals surface area contributed by atoms with Gasteiger partial charge >= 0.3 is 5.97 Å². The van der Waals surface area contributed by atoms with Gasteiger partial charge in [0.2, 0.25) is 0 Å². The summed E-state index contributed by atoms with van der Waals surface area (Å²) in [7, 11) is 1.20. The number of Topliss-reactive ketones (excluding diaryl/α,β-unsaturated/α-hetero) is 1. The molecule has 0 fully saturated rings. The van der Waals surface area contributed by atoms with Crippen molar-refractivity contribution in [2.24, 2.45) is 5.92 Å². The first-order valence-electron chi connectivity index (χ1n) is 4.83. The molecule has 1 aromatic rings. The number of esters is 1. The number of rotatable bonds is 4. The van der Waals surface area contributed by atoms with Gasteiger partial charge in [0.05, 0.1) is 18.9 Å². The van der Waals surface area contributed by atoms with E-state index in [1.807, 2.05) is 0 Å². The summed E-state index contributed by atoms with van der Waals surface area (Å²) in [4.78, 5) is 26.7. The Hall–Kier alpha value is -1.78. The van der Waals surface area contributed by atoms with E-state index in [4.69, 9.17) is 0 Å². The Bertz CT molecular complexity index is 406. The molecule has 0 aliphatic heterocycles. The van der Waals surface area contributed by atoms with E-state index >= 15 is 0 Å². The molecule has 1 atom stereocenters. The van der Waals surface area contributed by atoms with Crippen molar-refractivity contribution in [2.45, 2.75) is 13.3 Å². The number of aromatic nitrogens is 1. The third-order valence-corrected chi connectivity index (χ3v) is 2.25. The molecule has 1 unspecified atom stereocenters. The third kappa shape index (κ3) is 2.42. The van der Waals surface area contributed by atoms with Gasteiger partial charge in [-0.05, 0) is 12.5 Å². The normalized spacial score (nSPS) is 11.9. The standard InChI is InChI=1S/C11H12FNO3/c1-3-7(11(15)16-2)10(14)8-4-5-13-6-9(8)12/h4-7H,3H2,1-2H3. The van der Waals surface area contributed by atoms with E-state index in [1.165, 1.54) is 19.4 Å². The van der Waals surface area contributed by atoms with Crippen molar-refractivity contribution in [1.82, 2.24) is 4.98 Å². The second-order valence-corrected chi connectivity index (χ2v) is 3.20. The van der Waals surface area contributed by atoms with Crippen molar-refractivity contribution in [3.05, 3.63) is 29.8 Å². The smallest absolute Gasteiger partial charge is 0.316 e. The number of ketones is 1. The Morgan fingerprint density at radius 2 is 2.25 bits per heavy atom. The van der Waals surface area contributed by atoms with Gasteiger partial charge in [-0.3, -0.25) is 14.6 Å². The Morgan fingerprint density at radius 1 is 1.56 bits per heavy atom. The van der Waals surface area contributed by atoms with Crippen LogP contribution in [0.5, 0.6) is 0 Å². The summed E-state index contributed by atoms with van der Waals surface area (Å²) < 4.78 is 17.8. The molecular formula is C11H12FNO3. The first-order chi connectivity index (χ1) is 7.61. The highest BCUT2D eigenvalue weighted by molar-refractivity contribution is 6.08. The molecule has 1 rings (SSSR count). The number of nitrogens with zero attached hydrogens (tertiary/aromatic N) is 1. The highest BCUT2D eigenvalue weighted by Gasteiger charge is 2.28. The summed E-state index contributed by atoms with van der Waals surface area (Å²) in [6, 6.07) is 1.25. The lowest BCUT2D eigenvalue weighted by Gasteiger charge is -2.11. The molecule has 5 heteroatoms. The van der Waals surface area contributed by atoms with Gasteiger partial charge in [-0.15, -0.1) is 0 Å². The van der Waals surface area contributed by atoms with E-state index in [1.54, 1.807) is 6.92 Å². The molecule has 0 aromatic carbocycles. The maximum Gasteiger partial charge on any atom is 0.316 e. The van der Waals surface area contributed by atoms with Crippen LogP contribution in [0, 0.1) is 11.7 Å². The highest BCUT2D eigenvalue weighted by Crippen LogP contribution is 2.15. The number of pyridine rings is 1. The van der Waals surface area contributed by atoms with Gasteiger partial charge in [0, 0.05) is 6.20 Å². The van der Waals surface area contributed by atoms with Crippen molar-refractivity contribution < 1.29 is 18.7 Å². The molecule has 86 valence electrons. The van der Waals surface area contributed by atoms with Crippen molar-refractivity contribution in [3.63, 3.8) is 0 Å². The Kier molecular flexibility index (Phi) is 4.10. The van der Waals surface area contributed by atoms with Gasteiger partial charge in [0.1, 0.15) is 5.92 Å². The van der Waals surface area contributed by atoms with Gasteiger partial charge in [0.25, 0.3) is 0 Å². The van der Waals surface area contributed by atoms with Crippen molar-refractivity contribution in [1.29, 1.82) is 0 Å². The fourth-order valence-electron chi connectivity index (χ4n) is 1.36. The Labute approximate surface area is 92.4 Å². The molecule has 0 radical (unpaired) electrons. The van der Waals surface area contributed by atoms with E-state index in [0.717, 1.165) is 6.20 Å². The molecule has 0 aliphatic rings. The maximum atomic E-state index is 13.3. The Morgan fingerprint density at radius 3 is 2.75 bits per heavy atom. The van der Waals surface area contributed by atoms with Gasteiger partial charge < -0.3 is 4.74 Å². The summed E-state index contributed by atoms with van der Waals surface area (Å²) in [6.07, 6.45) is 2.52. The topological polar surface area (TPSA) is 56.3 Å². The average molecular weight is 225 g/mol. The van der Waals surface area contributed by atoms with Crippen LogP contribution in [0.4, 0.5) is 4.39 Å². The summed E-state index contributed by atoms with van der Waals surface area (Å²) in [6.45, 7) is 1.67. The average Bonchev–Trinajstić information content (AvgIpc) is 2.30. The molecule has 1 heterocycles. The molecule has 1 aromatic heterocycles. The van der Waals surface area contributed by atoms with E-state index in [0.29, 0.717) is 0 Å². The molecular weight excluding hydrogens is 213 g/mol. The number of halogens is 1. The van der Waals surface area contributed by atoms with E-state index in [9.17, 15) is 14.0 Å². The molecule has 0 amide bonds. The van der Waals surface area contributed by atoms with Crippen LogP contribution in [0.3, 0.4) is 0 Å². The van der Waals surface area contributed by atoms with Crippen LogP contribution in [0.25, 0.3) is 0 Å². The fraction of sp³-hybridized carbons (Fsp3) is 0.364. The minimum Gasteiger partial charge on any atom is -0.468 e. The number of methoxy groups -OCH3 is 1. The molecule has 0 saturated carbocycles. The number of carbonyl (C=O) groups excluding carboxylic acids is 2. The van der Waals surface area contributed by atoms with Crippen LogP contribution in [-0.2, 0) is 9.53 Å². The molecule has 0 N–H and O–H groups in total. The number of carbonyl (C=O) groups is 2. The molecule has 0 aliphatic carbocycles. The van der Waals surface area contributed by atoms with Gasteiger partial charge in [-0.1, -0.05) is 6.92 Å². The SMILES string of the molecule is CCC(C(=O)OC)C(=O)c1ccncc1F. The lowest BCUT2D eigenvalue weighted by atomic mass is 9.96. The predicted molar refractivity (Wildman–Crippen MR) is 54.3 cm³/mol. The zero-order chi connectivity index (χ0) is 12.1. The lowest BCUT2D eigenvalue weighted by molar-refractivity contribution is -0.143. The van der Waals surface area contributed by atoms with E-state index in [2.05, 4.69) is 9.72 Å². The first kappa shape index (κ1) is 12.3. The number of hydrogen-bond donors (Lipinski definition) is 0. The first-order valence-corrected chi connectivity index (χ1v) is 4.83. The van der Waals surface area contributed by atoms with Crippen LogP contribution in [0.1, 0.15) is 23.7 Å². The van der Waals surface area contributed by atoms with Crippen LogP contribution >= 0.6 is 0 Å². The fourth-order valence-corrected chi connectivity index (χ4v) is 1.36. The van der Waals surface area contributed by atoms with Crippen molar-refractivity contribution in [2.75, 3.05) is 7.11 Å². The van der Waals surface area contributed by atoms with Crippen LogP contribution in [-0.4, -0.2) is 23.8 Å². The molecule has 0 bridgehead atoms. The Balaban J connectivity index is 3.01. The highest BCUT2D eigenvalue weighted by atomic mass is 19.1. The maximum absolute atomic E-state index is 13.3. The van der Waals surface area contributed by atoms with Crippen LogP contribution in [0.2, 0.25) is 0 Å². The van der Waals surface area contributed by atoms with Gasteiger partial charge in [0.15, 0.2) is 11.6 Å². The van der Waals surface area contributed by atoms with E-state index in [-0.39, 0.29) is 12.0 Å². The third-order valence-electron chi connectivity index (χ3n) is 2.25. The summed E-state index contributed by atoms with van der Waals surface area (Å²) in [5.41, 5.74) is -0.132. The zero-order valence-corrected chi connectivity index (χ0v) is 9.07. The minimum atomic E-state index is -0.957. The second kappa shape index (κ2) is 5.34. The zero-order valence-electron chi connectivity index (χ0n) is 9.07.